The molecule has 1 heterocycles. The van der Waals surface area contributed by atoms with Gasteiger partial charge in [0.2, 0.25) is 0 Å². The minimum absolute atomic E-state index is 0.195. The lowest BCUT2D eigenvalue weighted by Gasteiger charge is -2.16. The number of hydrogen-bond donors (Lipinski definition) is 3. The van der Waals surface area contributed by atoms with E-state index >= 15 is 0 Å². The average molecular weight is 272 g/mol. The Bertz CT molecular complexity index is 588. The van der Waals surface area contributed by atoms with Gasteiger partial charge < -0.3 is 16.2 Å². The molecule has 4 N–H and O–H groups in total. The first-order valence-electron chi connectivity index (χ1n) is 5.37. The Kier molecular flexibility index (Phi) is 3.43. The van der Waals surface area contributed by atoms with E-state index < -0.39 is 18.8 Å². The summed E-state index contributed by atoms with van der Waals surface area (Å²) in [5, 5.41) is 11.9. The van der Waals surface area contributed by atoms with Crippen molar-refractivity contribution in [1.82, 2.24) is 9.97 Å². The van der Waals surface area contributed by atoms with E-state index in [9.17, 15) is 13.2 Å². The third-order valence-corrected chi connectivity index (χ3v) is 2.50. The quantitative estimate of drug-likeness (QED) is 0.738. The molecule has 0 amide bonds. The van der Waals surface area contributed by atoms with E-state index in [1.807, 2.05) is 0 Å². The van der Waals surface area contributed by atoms with Gasteiger partial charge in [-0.25, -0.2) is 9.97 Å². The standard InChI is InChI=1S/C11H11F3N4O/c12-11(13,14)9(19)4-16-10-7-3-6(15)1-2-8(7)17-5-18-10/h1-3,5,9,19H,4,15H2,(H,16,17,18). The van der Waals surface area contributed by atoms with Gasteiger partial charge in [-0.3, -0.25) is 0 Å². The number of aromatic nitrogens is 2. The molecule has 2 rings (SSSR count). The number of rotatable bonds is 3. The van der Waals surface area contributed by atoms with Crippen LogP contribution in [0.2, 0.25) is 0 Å². The van der Waals surface area contributed by atoms with Crippen molar-refractivity contribution < 1.29 is 18.3 Å². The SMILES string of the molecule is Nc1ccc2ncnc(NCC(O)C(F)(F)F)c2c1. The van der Waals surface area contributed by atoms with Crippen LogP contribution in [0, 0.1) is 0 Å². The van der Waals surface area contributed by atoms with Crippen LogP contribution in [0.25, 0.3) is 10.9 Å². The van der Waals surface area contributed by atoms with Gasteiger partial charge >= 0.3 is 6.18 Å². The van der Waals surface area contributed by atoms with Crippen LogP contribution in [-0.2, 0) is 0 Å². The number of halogens is 3. The van der Waals surface area contributed by atoms with Crippen LogP contribution < -0.4 is 11.1 Å². The number of anilines is 2. The van der Waals surface area contributed by atoms with Crippen LogP contribution in [0.1, 0.15) is 0 Å². The number of aliphatic hydroxyl groups is 1. The second-order valence-electron chi connectivity index (χ2n) is 3.94. The molecule has 0 bridgehead atoms. The monoisotopic (exact) mass is 272 g/mol. The summed E-state index contributed by atoms with van der Waals surface area (Å²) in [7, 11) is 0. The molecule has 1 atom stereocenters. The molecule has 2 aromatic rings. The molecule has 1 aromatic heterocycles. The Morgan fingerprint density at radius 3 is 2.74 bits per heavy atom. The molecular weight excluding hydrogens is 261 g/mol. The first kappa shape index (κ1) is 13.3. The Labute approximate surface area is 106 Å². The number of nitrogens with zero attached hydrogens (tertiary/aromatic N) is 2. The highest BCUT2D eigenvalue weighted by atomic mass is 19.4. The first-order chi connectivity index (χ1) is 8.88. The normalized spacial score (nSPS) is 13.5. The fraction of sp³-hybridized carbons (Fsp3) is 0.273. The van der Waals surface area contributed by atoms with Gasteiger partial charge in [-0.05, 0) is 18.2 Å². The van der Waals surface area contributed by atoms with E-state index in [1.165, 1.54) is 6.33 Å². The second kappa shape index (κ2) is 4.88. The highest BCUT2D eigenvalue weighted by Gasteiger charge is 2.37. The van der Waals surface area contributed by atoms with E-state index in [4.69, 9.17) is 10.8 Å². The van der Waals surface area contributed by atoms with Crippen LogP contribution in [0.5, 0.6) is 0 Å². The lowest BCUT2D eigenvalue weighted by Crippen LogP contribution is -2.35. The molecule has 0 saturated carbocycles. The predicted octanol–water partition coefficient (Wildman–Crippen LogP) is 1.55. The van der Waals surface area contributed by atoms with Gasteiger partial charge in [0.1, 0.15) is 12.1 Å². The molecule has 5 nitrogen and oxygen atoms in total. The molecule has 0 spiro atoms. The molecule has 0 saturated heterocycles. The lowest BCUT2D eigenvalue weighted by molar-refractivity contribution is -0.198. The number of hydrogen-bond acceptors (Lipinski definition) is 5. The van der Waals surface area contributed by atoms with Crippen LogP contribution in [-0.4, -0.2) is 33.9 Å². The van der Waals surface area contributed by atoms with E-state index in [0.29, 0.717) is 16.6 Å². The molecule has 1 unspecified atom stereocenters. The van der Waals surface area contributed by atoms with E-state index in [1.54, 1.807) is 18.2 Å². The Morgan fingerprint density at radius 2 is 2.05 bits per heavy atom. The average Bonchev–Trinajstić information content (AvgIpc) is 2.34. The summed E-state index contributed by atoms with van der Waals surface area (Å²) in [5.74, 6) is 0.195. The summed E-state index contributed by atoms with van der Waals surface area (Å²) >= 11 is 0. The van der Waals surface area contributed by atoms with Gasteiger partial charge in [-0.1, -0.05) is 0 Å². The Hall–Kier alpha value is -2.09. The van der Waals surface area contributed by atoms with Crippen LogP contribution in [0.3, 0.4) is 0 Å². The molecule has 0 aliphatic heterocycles. The van der Waals surface area contributed by atoms with Crippen molar-refractivity contribution in [2.45, 2.75) is 12.3 Å². The second-order valence-corrected chi connectivity index (χ2v) is 3.94. The molecule has 19 heavy (non-hydrogen) atoms. The zero-order chi connectivity index (χ0) is 14.0. The van der Waals surface area contributed by atoms with Crippen molar-refractivity contribution in [3.63, 3.8) is 0 Å². The zero-order valence-corrected chi connectivity index (χ0v) is 9.65. The minimum atomic E-state index is -4.67. The number of nitrogen functional groups attached to an aromatic ring is 1. The number of nitrogens with two attached hydrogens (primary N) is 1. The fourth-order valence-corrected chi connectivity index (χ4v) is 1.52. The number of aliphatic hydroxyl groups excluding tert-OH is 1. The third-order valence-electron chi connectivity index (χ3n) is 2.50. The van der Waals surface area contributed by atoms with Gasteiger partial charge in [0.05, 0.1) is 12.1 Å². The lowest BCUT2D eigenvalue weighted by atomic mass is 10.2. The van der Waals surface area contributed by atoms with Crippen molar-refractivity contribution in [1.29, 1.82) is 0 Å². The number of nitrogens with one attached hydrogen (secondary N) is 1. The highest BCUT2D eigenvalue weighted by molar-refractivity contribution is 5.91. The summed E-state index contributed by atoms with van der Waals surface area (Å²) in [4.78, 5) is 7.81. The molecule has 102 valence electrons. The highest BCUT2D eigenvalue weighted by Crippen LogP contribution is 2.23. The molecule has 0 fully saturated rings. The zero-order valence-electron chi connectivity index (χ0n) is 9.65. The van der Waals surface area contributed by atoms with Crippen LogP contribution in [0.4, 0.5) is 24.7 Å². The summed E-state index contributed by atoms with van der Waals surface area (Å²) in [5.41, 5.74) is 6.60. The third kappa shape index (κ3) is 3.02. The van der Waals surface area contributed by atoms with Crippen LogP contribution >= 0.6 is 0 Å². The smallest absolute Gasteiger partial charge is 0.399 e. The van der Waals surface area contributed by atoms with Crippen molar-refractivity contribution in [3.8, 4) is 0 Å². The summed E-state index contributed by atoms with van der Waals surface area (Å²) in [6.45, 7) is -0.690. The van der Waals surface area contributed by atoms with Crippen molar-refractivity contribution in [2.75, 3.05) is 17.6 Å². The minimum Gasteiger partial charge on any atom is -0.399 e. The first-order valence-corrected chi connectivity index (χ1v) is 5.37. The maximum atomic E-state index is 12.2. The number of alkyl halides is 3. The van der Waals surface area contributed by atoms with Crippen LogP contribution in [0.15, 0.2) is 24.5 Å². The van der Waals surface area contributed by atoms with E-state index in [0.717, 1.165) is 0 Å². The number of benzene rings is 1. The maximum absolute atomic E-state index is 12.2. The summed E-state index contributed by atoms with van der Waals surface area (Å²) in [6.07, 6.45) is -5.91. The summed E-state index contributed by atoms with van der Waals surface area (Å²) in [6, 6.07) is 4.82. The Balaban J connectivity index is 2.23. The van der Waals surface area contributed by atoms with Gasteiger partial charge in [-0.2, -0.15) is 13.2 Å². The van der Waals surface area contributed by atoms with Gasteiger partial charge in [-0.15, -0.1) is 0 Å². The van der Waals surface area contributed by atoms with Gasteiger partial charge in [0.15, 0.2) is 6.10 Å². The fourth-order valence-electron chi connectivity index (χ4n) is 1.52. The predicted molar refractivity (Wildman–Crippen MR) is 64.5 cm³/mol. The Morgan fingerprint density at radius 1 is 1.32 bits per heavy atom. The summed E-state index contributed by atoms with van der Waals surface area (Å²) < 4.78 is 36.6. The number of fused-ring (bicyclic) bond motifs is 1. The van der Waals surface area contributed by atoms with Crippen molar-refractivity contribution in [2.24, 2.45) is 0 Å². The molecule has 0 radical (unpaired) electrons. The maximum Gasteiger partial charge on any atom is 0.416 e. The molecule has 8 heteroatoms. The molecular formula is C11H11F3N4O. The molecule has 0 aliphatic carbocycles. The van der Waals surface area contributed by atoms with Crippen molar-refractivity contribution >= 4 is 22.4 Å². The largest absolute Gasteiger partial charge is 0.416 e. The molecule has 1 aromatic carbocycles. The van der Waals surface area contributed by atoms with Gasteiger partial charge in [0.25, 0.3) is 0 Å². The van der Waals surface area contributed by atoms with E-state index in [2.05, 4.69) is 15.3 Å². The molecule has 0 aliphatic rings. The van der Waals surface area contributed by atoms with E-state index in [-0.39, 0.29) is 5.82 Å². The van der Waals surface area contributed by atoms with Crippen molar-refractivity contribution in [3.05, 3.63) is 24.5 Å². The topological polar surface area (TPSA) is 84.1 Å². The van der Waals surface area contributed by atoms with Gasteiger partial charge in [0, 0.05) is 11.1 Å².